The number of hydrogen-bond donors (Lipinski definition) is 2. The van der Waals surface area contributed by atoms with Crippen LogP contribution in [0.3, 0.4) is 0 Å². The van der Waals surface area contributed by atoms with Crippen LogP contribution in [-0.4, -0.2) is 60.7 Å². The maximum Gasteiger partial charge on any atom is 0.184 e. The maximum absolute atomic E-state index is 10.6. The third-order valence-corrected chi connectivity index (χ3v) is 4.06. The lowest BCUT2D eigenvalue weighted by molar-refractivity contribution is -0.305. The van der Waals surface area contributed by atoms with Crippen LogP contribution < -0.4 is 0 Å². The van der Waals surface area contributed by atoms with Crippen molar-refractivity contribution in [2.75, 3.05) is 19.8 Å². The lowest BCUT2D eigenvalue weighted by Crippen LogP contribution is -2.60. The van der Waals surface area contributed by atoms with Gasteiger partial charge in [0.25, 0.3) is 0 Å². The number of aliphatic hydroxyl groups is 2. The van der Waals surface area contributed by atoms with Crippen molar-refractivity contribution < 1.29 is 29.2 Å². The van der Waals surface area contributed by atoms with Gasteiger partial charge < -0.3 is 29.2 Å². The molecule has 1 aliphatic rings. The zero-order valence-electron chi connectivity index (χ0n) is 15.0. The molecule has 0 aliphatic carbocycles. The number of hydrogen-bond acceptors (Lipinski definition) is 6. The highest BCUT2D eigenvalue weighted by atomic mass is 16.7. The largest absolute Gasteiger partial charge is 0.387 e. The standard InChI is InChI=1S/C19H30O6/c1-3-10-23-17-16(20)15(25-19(21)18(17)24-11-4-2)13-22-12-14-8-6-5-7-9-14/h5-9,15-21H,3-4,10-13H2,1-2H3/t15-,16-,17+,18-,19?/m1/s1. The van der Waals surface area contributed by atoms with Crippen LogP contribution in [0.15, 0.2) is 30.3 Å². The van der Waals surface area contributed by atoms with E-state index in [2.05, 4.69) is 0 Å². The van der Waals surface area contributed by atoms with Crippen LogP contribution in [0.4, 0.5) is 0 Å². The van der Waals surface area contributed by atoms with Crippen molar-refractivity contribution in [1.29, 1.82) is 0 Å². The van der Waals surface area contributed by atoms with Crippen LogP contribution in [0.1, 0.15) is 32.3 Å². The van der Waals surface area contributed by atoms with E-state index in [4.69, 9.17) is 18.9 Å². The van der Waals surface area contributed by atoms with Gasteiger partial charge in [-0.15, -0.1) is 0 Å². The predicted molar refractivity (Wildman–Crippen MR) is 93.0 cm³/mol. The zero-order chi connectivity index (χ0) is 18.1. The van der Waals surface area contributed by atoms with Gasteiger partial charge in [0.1, 0.15) is 24.4 Å². The van der Waals surface area contributed by atoms with Crippen molar-refractivity contribution in [2.45, 2.75) is 64.0 Å². The van der Waals surface area contributed by atoms with Gasteiger partial charge in [0, 0.05) is 13.2 Å². The van der Waals surface area contributed by atoms with Crippen molar-refractivity contribution in [3.05, 3.63) is 35.9 Å². The highest BCUT2D eigenvalue weighted by Crippen LogP contribution is 2.25. The molecule has 2 rings (SSSR count). The molecule has 25 heavy (non-hydrogen) atoms. The summed E-state index contributed by atoms with van der Waals surface area (Å²) < 4.78 is 22.6. The van der Waals surface area contributed by atoms with Crippen molar-refractivity contribution in [1.82, 2.24) is 0 Å². The summed E-state index contributed by atoms with van der Waals surface area (Å²) in [6.45, 7) is 5.51. The molecule has 142 valence electrons. The van der Waals surface area contributed by atoms with Gasteiger partial charge in [-0.1, -0.05) is 44.2 Å². The minimum Gasteiger partial charge on any atom is -0.387 e. The predicted octanol–water partition coefficient (Wildman–Crippen LogP) is 1.87. The van der Waals surface area contributed by atoms with E-state index >= 15 is 0 Å². The summed E-state index contributed by atoms with van der Waals surface area (Å²) in [5, 5.41) is 20.9. The molecule has 0 bridgehead atoms. The molecular weight excluding hydrogens is 324 g/mol. The van der Waals surface area contributed by atoms with Crippen molar-refractivity contribution in [2.24, 2.45) is 0 Å². The summed E-state index contributed by atoms with van der Waals surface area (Å²) in [6, 6.07) is 9.76. The monoisotopic (exact) mass is 354 g/mol. The van der Waals surface area contributed by atoms with E-state index in [1.54, 1.807) is 0 Å². The average Bonchev–Trinajstić information content (AvgIpc) is 2.63. The first-order valence-electron chi connectivity index (χ1n) is 9.03. The highest BCUT2D eigenvalue weighted by molar-refractivity contribution is 5.13. The molecule has 0 radical (unpaired) electrons. The summed E-state index contributed by atoms with van der Waals surface area (Å²) in [6.07, 6.45) is -2.46. The molecular formula is C19H30O6. The molecule has 2 N–H and O–H groups in total. The lowest BCUT2D eigenvalue weighted by atomic mass is 9.98. The first-order chi connectivity index (χ1) is 12.2. The van der Waals surface area contributed by atoms with E-state index in [1.165, 1.54) is 0 Å². The molecule has 6 heteroatoms. The van der Waals surface area contributed by atoms with Gasteiger partial charge in [-0.25, -0.2) is 0 Å². The van der Waals surface area contributed by atoms with E-state index < -0.39 is 30.7 Å². The Bertz CT molecular complexity index is 468. The number of benzene rings is 1. The highest BCUT2D eigenvalue weighted by Gasteiger charge is 2.46. The SMILES string of the molecule is CCCO[C@H]1[C@H](O)[C@@H](COCc2ccccc2)OC(O)[C@@H]1OCCC. The minimum atomic E-state index is -1.15. The van der Waals surface area contributed by atoms with E-state index in [9.17, 15) is 10.2 Å². The molecule has 1 aromatic carbocycles. The van der Waals surface area contributed by atoms with E-state index in [0.29, 0.717) is 19.8 Å². The Morgan fingerprint density at radius 1 is 0.960 bits per heavy atom. The Balaban J connectivity index is 1.92. The first kappa shape index (κ1) is 20.3. The molecule has 1 unspecified atom stereocenters. The fourth-order valence-electron chi connectivity index (χ4n) is 2.79. The van der Waals surface area contributed by atoms with Gasteiger partial charge in [0.05, 0.1) is 13.2 Å². The molecule has 0 amide bonds. The van der Waals surface area contributed by atoms with Crippen LogP contribution in [0.25, 0.3) is 0 Å². The van der Waals surface area contributed by atoms with Gasteiger partial charge in [-0.2, -0.15) is 0 Å². The van der Waals surface area contributed by atoms with Gasteiger partial charge in [-0.3, -0.25) is 0 Å². The Hall–Kier alpha value is -1.02. The third-order valence-electron chi connectivity index (χ3n) is 4.06. The maximum atomic E-state index is 10.6. The summed E-state index contributed by atoms with van der Waals surface area (Å²) in [5.74, 6) is 0. The van der Waals surface area contributed by atoms with Gasteiger partial charge in [0.15, 0.2) is 6.29 Å². The molecule has 1 heterocycles. The van der Waals surface area contributed by atoms with Crippen molar-refractivity contribution >= 4 is 0 Å². The first-order valence-corrected chi connectivity index (χ1v) is 9.03. The second-order valence-electron chi connectivity index (χ2n) is 6.23. The van der Waals surface area contributed by atoms with Gasteiger partial charge >= 0.3 is 0 Å². The summed E-state index contributed by atoms with van der Waals surface area (Å²) >= 11 is 0. The van der Waals surface area contributed by atoms with Crippen LogP contribution in [-0.2, 0) is 25.6 Å². The topological polar surface area (TPSA) is 77.4 Å². The summed E-state index contributed by atoms with van der Waals surface area (Å²) in [4.78, 5) is 0. The minimum absolute atomic E-state index is 0.166. The van der Waals surface area contributed by atoms with E-state index in [-0.39, 0.29) is 6.61 Å². The summed E-state index contributed by atoms with van der Waals surface area (Å²) in [5.41, 5.74) is 1.04. The third kappa shape index (κ3) is 6.02. The zero-order valence-corrected chi connectivity index (χ0v) is 15.0. The van der Waals surface area contributed by atoms with E-state index in [1.807, 2.05) is 44.2 Å². The van der Waals surface area contributed by atoms with Crippen LogP contribution in [0, 0.1) is 0 Å². The van der Waals surface area contributed by atoms with Crippen molar-refractivity contribution in [3.63, 3.8) is 0 Å². The second-order valence-corrected chi connectivity index (χ2v) is 6.23. The average molecular weight is 354 g/mol. The summed E-state index contributed by atoms with van der Waals surface area (Å²) in [7, 11) is 0. The molecule has 1 aromatic rings. The molecule has 0 saturated carbocycles. The normalized spacial score (nSPS) is 29.7. The van der Waals surface area contributed by atoms with E-state index in [0.717, 1.165) is 18.4 Å². The number of aliphatic hydroxyl groups excluding tert-OH is 2. The molecule has 6 nitrogen and oxygen atoms in total. The molecule has 1 fully saturated rings. The number of rotatable bonds is 10. The fourth-order valence-corrected chi connectivity index (χ4v) is 2.79. The number of ether oxygens (including phenoxy) is 4. The molecule has 1 aliphatic heterocycles. The molecule has 5 atom stereocenters. The molecule has 0 aromatic heterocycles. The van der Waals surface area contributed by atoms with Gasteiger partial charge in [0.2, 0.25) is 0 Å². The smallest absolute Gasteiger partial charge is 0.184 e. The van der Waals surface area contributed by atoms with Crippen LogP contribution in [0.5, 0.6) is 0 Å². The van der Waals surface area contributed by atoms with Crippen LogP contribution in [0.2, 0.25) is 0 Å². The quantitative estimate of drug-likeness (QED) is 0.668. The second kappa shape index (κ2) is 10.9. The Morgan fingerprint density at radius 3 is 2.24 bits per heavy atom. The molecule has 1 saturated heterocycles. The van der Waals surface area contributed by atoms with Crippen molar-refractivity contribution in [3.8, 4) is 0 Å². The molecule has 0 spiro atoms. The lowest BCUT2D eigenvalue weighted by Gasteiger charge is -2.42. The Labute approximate surface area is 149 Å². The van der Waals surface area contributed by atoms with Gasteiger partial charge in [-0.05, 0) is 18.4 Å². The Morgan fingerprint density at radius 2 is 1.60 bits per heavy atom. The fraction of sp³-hybridized carbons (Fsp3) is 0.684. The Kier molecular flexibility index (Phi) is 8.81. The van der Waals surface area contributed by atoms with Crippen LogP contribution >= 0.6 is 0 Å².